The normalized spacial score (nSPS) is 10.2. The van der Waals surface area contributed by atoms with Gasteiger partial charge in [0, 0.05) is 6.08 Å². The average Bonchev–Trinajstić information content (AvgIpc) is 2.70. The number of ether oxygens (including phenoxy) is 1. The zero-order valence-electron chi connectivity index (χ0n) is 14.8. The fourth-order valence-electron chi connectivity index (χ4n) is 2.04. The molecule has 0 aromatic heterocycles. The van der Waals surface area contributed by atoms with Crippen molar-refractivity contribution in [3.8, 4) is 5.75 Å². The number of para-hydroxylation sites is 1. The highest BCUT2D eigenvalue weighted by molar-refractivity contribution is 7.80. The summed E-state index contributed by atoms with van der Waals surface area (Å²) in [6, 6.07) is 12.3. The number of thiocarbonyl (C=S) groups is 1. The van der Waals surface area contributed by atoms with Crippen LogP contribution < -0.4 is 20.9 Å². The van der Waals surface area contributed by atoms with E-state index in [0.29, 0.717) is 16.9 Å². The van der Waals surface area contributed by atoms with Gasteiger partial charge in [0.1, 0.15) is 18.2 Å². The molecule has 2 rings (SSSR count). The van der Waals surface area contributed by atoms with Crippen molar-refractivity contribution in [2.45, 2.75) is 0 Å². The van der Waals surface area contributed by atoms with Crippen LogP contribution in [0.5, 0.6) is 5.75 Å². The number of benzene rings is 2. The standard InChI is InChI=1S/C20H18FN3O3S/c1-2-13-27-17-6-4-3-5-16(17)19(26)23-24-20(28)22-18(25)12-9-14-7-10-15(21)11-8-14/h2-12H,1,13H2,(H,23,26)(H2,22,24,25,28)/b12-9+. The van der Waals surface area contributed by atoms with Crippen LogP contribution in [-0.4, -0.2) is 23.5 Å². The molecule has 2 aromatic rings. The number of halogens is 1. The third kappa shape index (κ3) is 6.65. The minimum absolute atomic E-state index is 0.0911. The number of hydrogen-bond donors (Lipinski definition) is 3. The van der Waals surface area contributed by atoms with Crippen molar-refractivity contribution in [1.82, 2.24) is 16.2 Å². The van der Waals surface area contributed by atoms with Crippen LogP contribution in [0.4, 0.5) is 4.39 Å². The first-order valence-corrected chi connectivity index (χ1v) is 8.58. The van der Waals surface area contributed by atoms with Crippen molar-refractivity contribution in [3.63, 3.8) is 0 Å². The lowest BCUT2D eigenvalue weighted by Crippen LogP contribution is -2.48. The smallest absolute Gasteiger partial charge is 0.273 e. The van der Waals surface area contributed by atoms with Crippen molar-refractivity contribution < 1.29 is 18.7 Å². The Kier molecular flexibility index (Phi) is 7.86. The van der Waals surface area contributed by atoms with Crippen LogP contribution in [0.3, 0.4) is 0 Å². The first-order valence-electron chi connectivity index (χ1n) is 8.17. The molecule has 0 bridgehead atoms. The van der Waals surface area contributed by atoms with E-state index in [1.54, 1.807) is 30.3 Å². The second-order valence-corrected chi connectivity index (χ2v) is 5.79. The number of hydrogen-bond acceptors (Lipinski definition) is 4. The Morgan fingerprint density at radius 2 is 1.82 bits per heavy atom. The topological polar surface area (TPSA) is 79.5 Å². The number of nitrogens with one attached hydrogen (secondary N) is 3. The molecule has 0 saturated carbocycles. The summed E-state index contributed by atoms with van der Waals surface area (Å²) in [6.07, 6.45) is 4.31. The van der Waals surface area contributed by atoms with Crippen molar-refractivity contribution >= 4 is 35.2 Å². The third-order valence-corrected chi connectivity index (χ3v) is 3.52. The van der Waals surface area contributed by atoms with Crippen LogP contribution >= 0.6 is 12.2 Å². The quantitative estimate of drug-likeness (QED) is 0.301. The van der Waals surface area contributed by atoms with Crippen molar-refractivity contribution in [1.29, 1.82) is 0 Å². The van der Waals surface area contributed by atoms with E-state index in [0.717, 1.165) is 0 Å². The molecule has 6 nitrogen and oxygen atoms in total. The van der Waals surface area contributed by atoms with Gasteiger partial charge in [-0.2, -0.15) is 0 Å². The van der Waals surface area contributed by atoms with Gasteiger partial charge in [-0.05, 0) is 48.1 Å². The Labute approximate surface area is 167 Å². The highest BCUT2D eigenvalue weighted by atomic mass is 32.1. The summed E-state index contributed by atoms with van der Waals surface area (Å²) in [5, 5.41) is 2.29. The number of carbonyl (C=O) groups is 2. The van der Waals surface area contributed by atoms with Crippen molar-refractivity contribution in [3.05, 3.63) is 84.2 Å². The molecule has 144 valence electrons. The lowest BCUT2D eigenvalue weighted by molar-refractivity contribution is -0.115. The van der Waals surface area contributed by atoms with Gasteiger partial charge in [0.05, 0.1) is 5.56 Å². The number of amides is 2. The minimum atomic E-state index is -0.509. The first kappa shape index (κ1) is 20.8. The predicted octanol–water partition coefficient (Wildman–Crippen LogP) is 2.74. The fourth-order valence-corrected chi connectivity index (χ4v) is 2.19. The van der Waals surface area contributed by atoms with Crippen molar-refractivity contribution in [2.24, 2.45) is 0 Å². The summed E-state index contributed by atoms with van der Waals surface area (Å²) in [5.74, 6) is -0.970. The van der Waals surface area contributed by atoms with Gasteiger partial charge in [0.2, 0.25) is 5.91 Å². The Morgan fingerprint density at radius 3 is 2.54 bits per heavy atom. The van der Waals surface area contributed by atoms with Gasteiger partial charge in [-0.3, -0.25) is 25.8 Å². The zero-order chi connectivity index (χ0) is 20.4. The van der Waals surface area contributed by atoms with E-state index >= 15 is 0 Å². The van der Waals surface area contributed by atoms with Gasteiger partial charge in [-0.25, -0.2) is 4.39 Å². The van der Waals surface area contributed by atoms with E-state index in [1.807, 2.05) is 0 Å². The molecule has 3 N–H and O–H groups in total. The molecule has 0 unspecified atom stereocenters. The van der Waals surface area contributed by atoms with E-state index in [9.17, 15) is 14.0 Å². The van der Waals surface area contributed by atoms with Crippen molar-refractivity contribution in [2.75, 3.05) is 6.61 Å². The van der Waals surface area contributed by atoms with Gasteiger partial charge >= 0.3 is 0 Å². The van der Waals surface area contributed by atoms with Crippen LogP contribution in [0.25, 0.3) is 6.08 Å². The number of carbonyl (C=O) groups excluding carboxylic acids is 2. The van der Waals surface area contributed by atoms with Gasteiger partial charge < -0.3 is 4.74 Å². The van der Waals surface area contributed by atoms with Crippen LogP contribution in [-0.2, 0) is 4.79 Å². The lowest BCUT2D eigenvalue weighted by Gasteiger charge is -2.12. The molecule has 0 atom stereocenters. The Morgan fingerprint density at radius 1 is 1.11 bits per heavy atom. The van der Waals surface area contributed by atoms with Gasteiger partial charge in [0.25, 0.3) is 5.91 Å². The molecule has 0 radical (unpaired) electrons. The molecule has 0 aliphatic heterocycles. The second-order valence-electron chi connectivity index (χ2n) is 5.38. The highest BCUT2D eigenvalue weighted by Crippen LogP contribution is 2.17. The maximum Gasteiger partial charge on any atom is 0.273 e. The zero-order valence-corrected chi connectivity index (χ0v) is 15.6. The molecular weight excluding hydrogens is 381 g/mol. The molecular formula is C20H18FN3O3S. The molecule has 0 spiro atoms. The van der Waals surface area contributed by atoms with E-state index < -0.39 is 11.8 Å². The molecule has 2 amide bonds. The third-order valence-electron chi connectivity index (χ3n) is 3.31. The monoisotopic (exact) mass is 399 g/mol. The average molecular weight is 399 g/mol. The van der Waals surface area contributed by atoms with Crippen LogP contribution in [0.2, 0.25) is 0 Å². The number of hydrazine groups is 1. The summed E-state index contributed by atoms with van der Waals surface area (Å²) >= 11 is 4.96. The molecule has 2 aromatic carbocycles. The Balaban J connectivity index is 1.85. The molecule has 0 saturated heterocycles. The van der Waals surface area contributed by atoms with E-state index in [-0.39, 0.29) is 17.5 Å². The van der Waals surface area contributed by atoms with E-state index in [1.165, 1.54) is 36.4 Å². The van der Waals surface area contributed by atoms with Crippen LogP contribution in [0.15, 0.2) is 67.3 Å². The van der Waals surface area contributed by atoms with Crippen LogP contribution in [0, 0.1) is 5.82 Å². The molecule has 28 heavy (non-hydrogen) atoms. The Hall–Kier alpha value is -3.52. The highest BCUT2D eigenvalue weighted by Gasteiger charge is 2.12. The second kappa shape index (κ2) is 10.6. The van der Waals surface area contributed by atoms with E-state index in [2.05, 4.69) is 22.7 Å². The minimum Gasteiger partial charge on any atom is -0.489 e. The SMILES string of the molecule is C=CCOc1ccccc1C(=O)NNC(=S)NC(=O)/C=C/c1ccc(F)cc1. The predicted molar refractivity (Wildman–Crippen MR) is 109 cm³/mol. The number of rotatable bonds is 6. The van der Waals surface area contributed by atoms with Crippen LogP contribution in [0.1, 0.15) is 15.9 Å². The molecule has 0 aliphatic rings. The maximum atomic E-state index is 12.8. The Bertz CT molecular complexity index is 898. The lowest BCUT2D eigenvalue weighted by atomic mass is 10.2. The van der Waals surface area contributed by atoms with Gasteiger partial charge in [0.15, 0.2) is 5.11 Å². The fraction of sp³-hybridized carbons (Fsp3) is 0.0500. The summed E-state index contributed by atoms with van der Waals surface area (Å²) < 4.78 is 18.3. The molecule has 0 aliphatic carbocycles. The van der Waals surface area contributed by atoms with Gasteiger partial charge in [-0.15, -0.1) is 0 Å². The maximum absolute atomic E-state index is 12.8. The first-order chi connectivity index (χ1) is 13.5. The largest absolute Gasteiger partial charge is 0.489 e. The van der Waals surface area contributed by atoms with E-state index in [4.69, 9.17) is 17.0 Å². The molecule has 8 heteroatoms. The molecule has 0 fully saturated rings. The summed E-state index contributed by atoms with van der Waals surface area (Å²) in [7, 11) is 0. The molecule has 0 heterocycles. The summed E-state index contributed by atoms with van der Waals surface area (Å²) in [4.78, 5) is 24.1. The summed E-state index contributed by atoms with van der Waals surface area (Å²) in [6.45, 7) is 3.81. The summed E-state index contributed by atoms with van der Waals surface area (Å²) in [5.41, 5.74) is 5.77. The van der Waals surface area contributed by atoms with Gasteiger partial charge in [-0.1, -0.05) is 36.9 Å².